The Hall–Kier alpha value is -0.730. The summed E-state index contributed by atoms with van der Waals surface area (Å²) in [6.07, 6.45) is 0. The highest BCUT2D eigenvalue weighted by molar-refractivity contribution is 9.10. The average molecular weight is 371 g/mol. The molecule has 1 aromatic carbocycles. The van der Waals surface area contributed by atoms with E-state index in [4.69, 9.17) is 0 Å². The molecule has 0 aliphatic rings. The minimum absolute atomic E-state index is 0.0163. The van der Waals surface area contributed by atoms with E-state index >= 15 is 0 Å². The Morgan fingerprint density at radius 1 is 1.25 bits per heavy atom. The summed E-state index contributed by atoms with van der Waals surface area (Å²) in [6.45, 7) is 5.52. The summed E-state index contributed by atoms with van der Waals surface area (Å²) < 4.78 is 52.9. The van der Waals surface area contributed by atoms with Crippen molar-refractivity contribution in [2.75, 3.05) is 11.3 Å². The number of rotatable bonds is 6. The lowest BCUT2D eigenvalue weighted by Crippen LogP contribution is -2.37. The van der Waals surface area contributed by atoms with Gasteiger partial charge in [0.05, 0.1) is 10.9 Å². The first kappa shape index (κ1) is 17.3. The highest BCUT2D eigenvalue weighted by Crippen LogP contribution is 2.28. The summed E-state index contributed by atoms with van der Waals surface area (Å²) in [5.74, 6) is -1.75. The predicted molar refractivity (Wildman–Crippen MR) is 79.2 cm³/mol. The molecule has 0 heterocycles. The summed E-state index contributed by atoms with van der Waals surface area (Å²) in [6, 6.07) is 1.76. The fourth-order valence-corrected chi connectivity index (χ4v) is 3.04. The highest BCUT2D eigenvalue weighted by Gasteiger charge is 2.23. The van der Waals surface area contributed by atoms with Gasteiger partial charge in [-0.2, -0.15) is 0 Å². The zero-order valence-corrected chi connectivity index (χ0v) is 13.8. The van der Waals surface area contributed by atoms with Crippen molar-refractivity contribution in [3.63, 3.8) is 0 Å². The van der Waals surface area contributed by atoms with Crippen molar-refractivity contribution in [3.8, 4) is 0 Å². The summed E-state index contributed by atoms with van der Waals surface area (Å²) >= 11 is 2.94. The molecule has 0 radical (unpaired) electrons. The monoisotopic (exact) mass is 370 g/mol. The number of benzene rings is 1. The number of halogens is 3. The normalized spacial score (nSPS) is 13.6. The summed E-state index contributed by atoms with van der Waals surface area (Å²) in [7, 11) is -3.77. The van der Waals surface area contributed by atoms with Crippen LogP contribution in [0.4, 0.5) is 14.5 Å². The average Bonchev–Trinajstić information content (AvgIpc) is 2.30. The lowest BCUT2D eigenvalue weighted by Gasteiger charge is -2.18. The molecule has 0 spiro atoms. The first-order valence-electron chi connectivity index (χ1n) is 6.03. The lowest BCUT2D eigenvalue weighted by atomic mass is 10.3. The molecule has 4 nitrogen and oxygen atoms in total. The molecule has 20 heavy (non-hydrogen) atoms. The van der Waals surface area contributed by atoms with Crippen LogP contribution >= 0.6 is 15.9 Å². The molecule has 0 aliphatic carbocycles. The molecule has 0 aliphatic heterocycles. The molecule has 1 atom stereocenters. The molecule has 0 saturated carbocycles. The molecular formula is C12H17BrF2N2O2S. The number of hydrogen-bond donors (Lipinski definition) is 2. The number of anilines is 1. The standard InChI is InChI=1S/C12H17BrF2N2O2S/c1-7(2)16-6-8(3)20(18,19)17-12-10(13)4-9(14)5-11(12)15/h4-5,7-8,16-17H,6H2,1-3H3. The smallest absolute Gasteiger partial charge is 0.236 e. The summed E-state index contributed by atoms with van der Waals surface area (Å²) in [5.41, 5.74) is -0.289. The predicted octanol–water partition coefficient (Wildman–Crippen LogP) is 2.86. The first-order valence-corrected chi connectivity index (χ1v) is 8.37. The number of hydrogen-bond acceptors (Lipinski definition) is 3. The van der Waals surface area contributed by atoms with Crippen molar-refractivity contribution in [2.45, 2.75) is 32.1 Å². The molecule has 0 fully saturated rings. The van der Waals surface area contributed by atoms with Crippen molar-refractivity contribution >= 4 is 31.6 Å². The number of nitrogens with one attached hydrogen (secondary N) is 2. The Morgan fingerprint density at radius 3 is 2.35 bits per heavy atom. The topological polar surface area (TPSA) is 58.2 Å². The van der Waals surface area contributed by atoms with Crippen LogP contribution in [-0.4, -0.2) is 26.3 Å². The van der Waals surface area contributed by atoms with Crippen LogP contribution < -0.4 is 10.0 Å². The van der Waals surface area contributed by atoms with Gasteiger partial charge in [0.15, 0.2) is 5.82 Å². The second kappa shape index (κ2) is 6.82. The van der Waals surface area contributed by atoms with E-state index in [1.54, 1.807) is 0 Å². The third kappa shape index (κ3) is 4.68. The molecule has 0 bridgehead atoms. The maximum atomic E-state index is 13.6. The molecule has 1 rings (SSSR count). The Morgan fingerprint density at radius 2 is 1.85 bits per heavy atom. The van der Waals surface area contributed by atoms with Gasteiger partial charge in [-0.05, 0) is 28.9 Å². The van der Waals surface area contributed by atoms with Gasteiger partial charge in [-0.1, -0.05) is 13.8 Å². The summed E-state index contributed by atoms with van der Waals surface area (Å²) in [5, 5.41) is 2.23. The van der Waals surface area contributed by atoms with Gasteiger partial charge in [-0.15, -0.1) is 0 Å². The van der Waals surface area contributed by atoms with E-state index in [0.717, 1.165) is 6.07 Å². The van der Waals surface area contributed by atoms with Crippen molar-refractivity contribution in [1.82, 2.24) is 5.32 Å². The zero-order valence-electron chi connectivity index (χ0n) is 11.4. The van der Waals surface area contributed by atoms with Crippen LogP contribution in [0.25, 0.3) is 0 Å². The molecule has 1 unspecified atom stereocenters. The van der Waals surface area contributed by atoms with E-state index in [9.17, 15) is 17.2 Å². The Bertz CT molecular complexity index is 556. The first-order chi connectivity index (χ1) is 9.13. The van der Waals surface area contributed by atoms with E-state index in [1.807, 2.05) is 13.8 Å². The quantitative estimate of drug-likeness (QED) is 0.809. The Balaban J connectivity index is 2.91. The van der Waals surface area contributed by atoms with Gasteiger partial charge < -0.3 is 5.32 Å². The van der Waals surface area contributed by atoms with E-state index < -0.39 is 26.9 Å². The second-order valence-corrected chi connectivity index (χ2v) is 7.72. The molecule has 0 amide bonds. The second-order valence-electron chi connectivity index (χ2n) is 4.77. The van der Waals surface area contributed by atoms with E-state index in [0.29, 0.717) is 6.07 Å². The molecular weight excluding hydrogens is 354 g/mol. The van der Waals surface area contributed by atoms with Gasteiger partial charge >= 0.3 is 0 Å². The molecule has 0 saturated heterocycles. The van der Waals surface area contributed by atoms with Crippen LogP contribution in [0.1, 0.15) is 20.8 Å². The van der Waals surface area contributed by atoms with Crippen LogP contribution in [0, 0.1) is 11.6 Å². The molecule has 0 aromatic heterocycles. The molecule has 1 aromatic rings. The fourth-order valence-electron chi connectivity index (χ4n) is 1.39. The Labute approximate surface area is 126 Å². The summed E-state index contributed by atoms with van der Waals surface area (Å²) in [4.78, 5) is 0. The largest absolute Gasteiger partial charge is 0.313 e. The molecule has 114 valence electrons. The highest BCUT2D eigenvalue weighted by atomic mass is 79.9. The third-order valence-corrected chi connectivity index (χ3v) is 4.93. The maximum absolute atomic E-state index is 13.6. The van der Waals surface area contributed by atoms with Crippen LogP contribution in [0.5, 0.6) is 0 Å². The minimum atomic E-state index is -3.77. The third-order valence-electron chi connectivity index (χ3n) is 2.59. The van der Waals surface area contributed by atoms with Crippen molar-refractivity contribution < 1.29 is 17.2 Å². The Kier molecular flexibility index (Phi) is 5.91. The van der Waals surface area contributed by atoms with Crippen LogP contribution in [-0.2, 0) is 10.0 Å². The van der Waals surface area contributed by atoms with E-state index in [-0.39, 0.29) is 22.7 Å². The van der Waals surface area contributed by atoms with Gasteiger partial charge in [0.1, 0.15) is 5.82 Å². The van der Waals surface area contributed by atoms with Crippen LogP contribution in [0.3, 0.4) is 0 Å². The SMILES string of the molecule is CC(C)NCC(C)S(=O)(=O)Nc1c(F)cc(F)cc1Br. The maximum Gasteiger partial charge on any atom is 0.236 e. The fraction of sp³-hybridized carbons (Fsp3) is 0.500. The van der Waals surface area contributed by atoms with Crippen molar-refractivity contribution in [2.24, 2.45) is 0 Å². The number of sulfonamides is 1. The van der Waals surface area contributed by atoms with Gasteiger partial charge in [0, 0.05) is 23.1 Å². The van der Waals surface area contributed by atoms with Crippen molar-refractivity contribution in [1.29, 1.82) is 0 Å². The van der Waals surface area contributed by atoms with Crippen LogP contribution in [0.15, 0.2) is 16.6 Å². The van der Waals surface area contributed by atoms with Crippen LogP contribution in [0.2, 0.25) is 0 Å². The van der Waals surface area contributed by atoms with E-state index in [2.05, 4.69) is 26.0 Å². The van der Waals surface area contributed by atoms with E-state index in [1.165, 1.54) is 6.92 Å². The van der Waals surface area contributed by atoms with Gasteiger partial charge in [-0.25, -0.2) is 17.2 Å². The van der Waals surface area contributed by atoms with Gasteiger partial charge in [0.2, 0.25) is 10.0 Å². The lowest BCUT2D eigenvalue weighted by molar-refractivity contribution is 0.552. The minimum Gasteiger partial charge on any atom is -0.313 e. The zero-order chi connectivity index (χ0) is 15.5. The molecule has 2 N–H and O–H groups in total. The van der Waals surface area contributed by atoms with Gasteiger partial charge in [0.25, 0.3) is 0 Å². The van der Waals surface area contributed by atoms with Crippen molar-refractivity contribution in [3.05, 3.63) is 28.2 Å². The van der Waals surface area contributed by atoms with Gasteiger partial charge in [-0.3, -0.25) is 4.72 Å². The molecule has 8 heteroatoms.